The fourth-order valence-corrected chi connectivity index (χ4v) is 1.24. The first kappa shape index (κ1) is 8.69. The van der Waals surface area contributed by atoms with Gasteiger partial charge in [0.2, 0.25) is 0 Å². The van der Waals surface area contributed by atoms with Crippen LogP contribution in [0.2, 0.25) is 0 Å². The Morgan fingerprint density at radius 1 is 1.29 bits per heavy atom. The van der Waals surface area contributed by atoms with Crippen LogP contribution in [0.15, 0.2) is 43.5 Å². The van der Waals surface area contributed by atoms with Gasteiger partial charge in [0.05, 0.1) is 5.69 Å². The van der Waals surface area contributed by atoms with Crippen molar-refractivity contribution in [3.05, 3.63) is 49.1 Å². The van der Waals surface area contributed by atoms with Gasteiger partial charge in [-0.3, -0.25) is 0 Å². The second-order valence-corrected chi connectivity index (χ2v) is 3.17. The number of benzene rings is 1. The maximum absolute atomic E-state index is 4.04. The average Bonchev–Trinajstić information content (AvgIpc) is 2.71. The summed E-state index contributed by atoms with van der Waals surface area (Å²) in [4.78, 5) is 3.89. The molecule has 1 heterocycles. The quantitative estimate of drug-likeness (QED) is 0.718. The largest absolute Gasteiger partial charge is 0.223 e. The van der Waals surface area contributed by atoms with Crippen molar-refractivity contribution in [3.63, 3.8) is 0 Å². The Bertz CT molecular complexity index is 426. The first-order chi connectivity index (χ1) is 6.77. The van der Waals surface area contributed by atoms with Gasteiger partial charge in [-0.2, -0.15) is 5.10 Å². The van der Waals surface area contributed by atoms with Crippen LogP contribution in [-0.4, -0.2) is 14.8 Å². The van der Waals surface area contributed by atoms with Crippen LogP contribution in [-0.2, 0) is 0 Å². The summed E-state index contributed by atoms with van der Waals surface area (Å²) in [5.74, 6) is 0. The standard InChI is InChI=1S/C11H11N3/c1-9(2)10-3-5-11(6-4-10)14-8-12-7-13-14/h3-8H,1H2,2H3. The van der Waals surface area contributed by atoms with Crippen LogP contribution in [0.1, 0.15) is 12.5 Å². The SMILES string of the molecule is C=C(C)c1ccc(-n2cncn2)cc1. The first-order valence-corrected chi connectivity index (χ1v) is 4.38. The molecule has 0 radical (unpaired) electrons. The Labute approximate surface area is 82.7 Å². The van der Waals surface area contributed by atoms with Crippen LogP contribution < -0.4 is 0 Å². The van der Waals surface area contributed by atoms with Crippen LogP contribution in [0.25, 0.3) is 11.3 Å². The zero-order valence-electron chi connectivity index (χ0n) is 8.01. The lowest BCUT2D eigenvalue weighted by atomic mass is 10.1. The zero-order valence-corrected chi connectivity index (χ0v) is 8.01. The van der Waals surface area contributed by atoms with Crippen molar-refractivity contribution in [2.24, 2.45) is 0 Å². The minimum absolute atomic E-state index is 1.01. The number of rotatable bonds is 2. The van der Waals surface area contributed by atoms with Crippen molar-refractivity contribution in [2.45, 2.75) is 6.92 Å². The molecule has 0 unspecified atom stereocenters. The summed E-state index contributed by atoms with van der Waals surface area (Å²) in [6, 6.07) is 8.05. The third kappa shape index (κ3) is 1.57. The van der Waals surface area contributed by atoms with Gasteiger partial charge in [0.1, 0.15) is 12.7 Å². The molecule has 0 atom stereocenters. The van der Waals surface area contributed by atoms with E-state index in [1.165, 1.54) is 6.33 Å². The third-order valence-corrected chi connectivity index (χ3v) is 2.04. The molecular weight excluding hydrogens is 174 g/mol. The van der Waals surface area contributed by atoms with E-state index < -0.39 is 0 Å². The van der Waals surface area contributed by atoms with E-state index in [9.17, 15) is 0 Å². The monoisotopic (exact) mass is 185 g/mol. The smallest absolute Gasteiger partial charge is 0.138 e. The van der Waals surface area contributed by atoms with E-state index in [-0.39, 0.29) is 0 Å². The molecule has 2 aromatic rings. The molecule has 70 valence electrons. The molecule has 1 aromatic heterocycles. The van der Waals surface area contributed by atoms with Crippen LogP contribution in [0.4, 0.5) is 0 Å². The zero-order chi connectivity index (χ0) is 9.97. The highest BCUT2D eigenvalue weighted by Gasteiger charge is 1.97. The summed E-state index contributed by atoms with van der Waals surface area (Å²) in [5, 5.41) is 4.04. The van der Waals surface area contributed by atoms with Crippen LogP contribution in [0.5, 0.6) is 0 Å². The lowest BCUT2D eigenvalue weighted by molar-refractivity contribution is 0.879. The van der Waals surface area contributed by atoms with Gasteiger partial charge in [-0.05, 0) is 24.6 Å². The Balaban J connectivity index is 2.36. The van der Waals surface area contributed by atoms with Gasteiger partial charge in [0, 0.05) is 0 Å². The molecule has 0 fully saturated rings. The summed E-state index contributed by atoms with van der Waals surface area (Å²) >= 11 is 0. The molecule has 1 aromatic carbocycles. The van der Waals surface area contributed by atoms with Gasteiger partial charge in [-0.1, -0.05) is 24.3 Å². The predicted molar refractivity (Wildman–Crippen MR) is 56.1 cm³/mol. The molecule has 0 aliphatic rings. The van der Waals surface area contributed by atoms with E-state index in [2.05, 4.69) is 16.7 Å². The van der Waals surface area contributed by atoms with Gasteiger partial charge in [-0.25, -0.2) is 9.67 Å². The topological polar surface area (TPSA) is 30.7 Å². The average molecular weight is 185 g/mol. The Kier molecular flexibility index (Phi) is 2.14. The van der Waals surface area contributed by atoms with E-state index in [1.807, 2.05) is 31.2 Å². The van der Waals surface area contributed by atoms with Gasteiger partial charge in [-0.15, -0.1) is 0 Å². The van der Waals surface area contributed by atoms with Crippen molar-refractivity contribution >= 4 is 5.57 Å². The van der Waals surface area contributed by atoms with Gasteiger partial charge >= 0.3 is 0 Å². The van der Waals surface area contributed by atoms with Crippen LogP contribution in [0, 0.1) is 0 Å². The molecule has 2 rings (SSSR count). The molecule has 0 aliphatic carbocycles. The lowest BCUT2D eigenvalue weighted by Crippen LogP contribution is -1.93. The fourth-order valence-electron chi connectivity index (χ4n) is 1.24. The Morgan fingerprint density at radius 2 is 2.00 bits per heavy atom. The summed E-state index contributed by atoms with van der Waals surface area (Å²) in [6.07, 6.45) is 3.20. The molecular formula is C11H11N3. The second kappa shape index (κ2) is 3.46. The molecule has 0 amide bonds. The van der Waals surface area contributed by atoms with Crippen LogP contribution in [0.3, 0.4) is 0 Å². The summed E-state index contributed by atoms with van der Waals surface area (Å²) < 4.78 is 1.72. The second-order valence-electron chi connectivity index (χ2n) is 3.17. The first-order valence-electron chi connectivity index (χ1n) is 4.38. The summed E-state index contributed by atoms with van der Waals surface area (Å²) in [7, 11) is 0. The highest BCUT2D eigenvalue weighted by atomic mass is 15.3. The van der Waals surface area contributed by atoms with Crippen molar-refractivity contribution in [1.82, 2.24) is 14.8 Å². The lowest BCUT2D eigenvalue weighted by Gasteiger charge is -2.02. The molecule has 14 heavy (non-hydrogen) atoms. The highest BCUT2D eigenvalue weighted by molar-refractivity contribution is 5.62. The van der Waals surface area contributed by atoms with Gasteiger partial charge in [0.25, 0.3) is 0 Å². The van der Waals surface area contributed by atoms with Gasteiger partial charge in [0.15, 0.2) is 0 Å². The molecule has 3 nitrogen and oxygen atoms in total. The number of aromatic nitrogens is 3. The number of nitrogens with zero attached hydrogens (tertiary/aromatic N) is 3. The molecule has 3 heteroatoms. The van der Waals surface area contributed by atoms with E-state index in [4.69, 9.17) is 0 Å². The van der Waals surface area contributed by atoms with E-state index in [1.54, 1.807) is 11.0 Å². The Hall–Kier alpha value is -1.90. The van der Waals surface area contributed by atoms with Crippen LogP contribution >= 0.6 is 0 Å². The molecule has 0 aliphatic heterocycles. The molecule has 0 spiro atoms. The normalized spacial score (nSPS) is 10.1. The van der Waals surface area contributed by atoms with Crippen molar-refractivity contribution < 1.29 is 0 Å². The maximum Gasteiger partial charge on any atom is 0.138 e. The van der Waals surface area contributed by atoms with E-state index >= 15 is 0 Å². The highest BCUT2D eigenvalue weighted by Crippen LogP contribution is 2.13. The predicted octanol–water partition coefficient (Wildman–Crippen LogP) is 2.30. The number of allylic oxidation sites excluding steroid dienone is 1. The minimum Gasteiger partial charge on any atom is -0.223 e. The molecule has 0 N–H and O–H groups in total. The van der Waals surface area contributed by atoms with E-state index in [0.29, 0.717) is 0 Å². The van der Waals surface area contributed by atoms with Gasteiger partial charge < -0.3 is 0 Å². The third-order valence-electron chi connectivity index (χ3n) is 2.04. The number of hydrogen-bond donors (Lipinski definition) is 0. The molecule has 0 saturated carbocycles. The fraction of sp³-hybridized carbons (Fsp3) is 0.0909. The molecule has 0 bridgehead atoms. The summed E-state index contributed by atoms with van der Waals surface area (Å²) in [6.45, 7) is 5.87. The van der Waals surface area contributed by atoms with E-state index in [0.717, 1.165) is 16.8 Å². The summed E-state index contributed by atoms with van der Waals surface area (Å²) in [5.41, 5.74) is 3.22. The van der Waals surface area contributed by atoms with Crippen molar-refractivity contribution in [2.75, 3.05) is 0 Å². The van der Waals surface area contributed by atoms with Crippen molar-refractivity contribution in [3.8, 4) is 5.69 Å². The maximum atomic E-state index is 4.04. The number of hydrogen-bond acceptors (Lipinski definition) is 2. The molecule has 0 saturated heterocycles. The Morgan fingerprint density at radius 3 is 2.50 bits per heavy atom. The van der Waals surface area contributed by atoms with Crippen molar-refractivity contribution in [1.29, 1.82) is 0 Å². The minimum atomic E-state index is 1.01.